The van der Waals surface area contributed by atoms with E-state index < -0.39 is 5.41 Å². The lowest BCUT2D eigenvalue weighted by Gasteiger charge is -2.26. The molecule has 116 valence electrons. The molecule has 5 heteroatoms. The first-order chi connectivity index (χ1) is 10.1. The standard InChI is InChI=1S/C16H24N2O3/c1-12(2)21-14-6-4-13(5-7-14)18-15(19)16(11-20-3)8-9-17-10-16/h4-7,12,17H,8-11H2,1-3H3,(H,18,19). The minimum Gasteiger partial charge on any atom is -0.491 e. The molecule has 0 spiro atoms. The van der Waals surface area contributed by atoms with E-state index in [-0.39, 0.29) is 12.0 Å². The van der Waals surface area contributed by atoms with Crippen LogP contribution in [0.4, 0.5) is 5.69 Å². The van der Waals surface area contributed by atoms with Crippen molar-refractivity contribution < 1.29 is 14.3 Å². The molecule has 2 rings (SSSR count). The summed E-state index contributed by atoms with van der Waals surface area (Å²) in [6.45, 7) is 5.90. The first kappa shape index (κ1) is 15.8. The van der Waals surface area contributed by atoms with Gasteiger partial charge in [-0.05, 0) is 51.1 Å². The molecule has 0 aliphatic carbocycles. The van der Waals surface area contributed by atoms with Gasteiger partial charge in [-0.3, -0.25) is 4.79 Å². The third-order valence-electron chi connectivity index (χ3n) is 3.63. The van der Waals surface area contributed by atoms with Gasteiger partial charge in [-0.2, -0.15) is 0 Å². The molecule has 1 saturated heterocycles. The van der Waals surface area contributed by atoms with Crippen LogP contribution in [0.15, 0.2) is 24.3 Å². The summed E-state index contributed by atoms with van der Waals surface area (Å²) in [4.78, 5) is 12.5. The Kier molecular flexibility index (Phi) is 5.20. The maximum absolute atomic E-state index is 12.5. The van der Waals surface area contributed by atoms with Gasteiger partial charge in [0.25, 0.3) is 0 Å². The van der Waals surface area contributed by atoms with Crippen molar-refractivity contribution in [3.63, 3.8) is 0 Å². The molecule has 1 aromatic rings. The lowest BCUT2D eigenvalue weighted by Crippen LogP contribution is -2.41. The van der Waals surface area contributed by atoms with Crippen LogP contribution in [0.25, 0.3) is 0 Å². The van der Waals surface area contributed by atoms with Crippen LogP contribution >= 0.6 is 0 Å². The molecule has 0 saturated carbocycles. The molecule has 1 heterocycles. The van der Waals surface area contributed by atoms with Gasteiger partial charge in [-0.15, -0.1) is 0 Å². The summed E-state index contributed by atoms with van der Waals surface area (Å²) in [5, 5.41) is 6.21. The molecule has 0 bridgehead atoms. The first-order valence-electron chi connectivity index (χ1n) is 7.33. The van der Waals surface area contributed by atoms with Crippen LogP contribution < -0.4 is 15.4 Å². The maximum atomic E-state index is 12.5. The second-order valence-electron chi connectivity index (χ2n) is 5.79. The zero-order valence-electron chi connectivity index (χ0n) is 12.9. The average molecular weight is 292 g/mol. The normalized spacial score (nSPS) is 21.5. The van der Waals surface area contributed by atoms with Gasteiger partial charge in [0.1, 0.15) is 5.75 Å². The predicted octanol–water partition coefficient (Wildman–Crippen LogP) is 2.04. The smallest absolute Gasteiger partial charge is 0.234 e. The van der Waals surface area contributed by atoms with Gasteiger partial charge in [0.2, 0.25) is 5.91 Å². The van der Waals surface area contributed by atoms with E-state index in [0.717, 1.165) is 24.4 Å². The molecule has 2 N–H and O–H groups in total. The maximum Gasteiger partial charge on any atom is 0.234 e. The molecule has 1 aliphatic rings. The summed E-state index contributed by atoms with van der Waals surface area (Å²) >= 11 is 0. The van der Waals surface area contributed by atoms with Gasteiger partial charge in [0, 0.05) is 19.3 Å². The van der Waals surface area contributed by atoms with Gasteiger partial charge in [-0.1, -0.05) is 0 Å². The van der Waals surface area contributed by atoms with E-state index in [4.69, 9.17) is 9.47 Å². The highest BCUT2D eigenvalue weighted by atomic mass is 16.5. The highest BCUT2D eigenvalue weighted by molar-refractivity contribution is 5.96. The molecule has 1 fully saturated rings. The number of ether oxygens (including phenoxy) is 2. The molecule has 5 nitrogen and oxygen atoms in total. The Morgan fingerprint density at radius 1 is 1.38 bits per heavy atom. The van der Waals surface area contributed by atoms with Crippen molar-refractivity contribution in [1.29, 1.82) is 0 Å². The number of benzene rings is 1. The first-order valence-corrected chi connectivity index (χ1v) is 7.33. The third-order valence-corrected chi connectivity index (χ3v) is 3.63. The molecule has 0 aromatic heterocycles. The monoisotopic (exact) mass is 292 g/mol. The van der Waals surface area contributed by atoms with Crippen molar-refractivity contribution in [3.8, 4) is 5.75 Å². The van der Waals surface area contributed by atoms with E-state index in [1.807, 2.05) is 38.1 Å². The quantitative estimate of drug-likeness (QED) is 0.842. The number of hydrogen-bond donors (Lipinski definition) is 2. The van der Waals surface area contributed by atoms with Crippen LogP contribution in [0.1, 0.15) is 20.3 Å². The van der Waals surface area contributed by atoms with Crippen molar-refractivity contribution >= 4 is 11.6 Å². The Labute approximate surface area is 126 Å². The fourth-order valence-electron chi connectivity index (χ4n) is 2.56. The van der Waals surface area contributed by atoms with Crippen LogP contribution in [0.3, 0.4) is 0 Å². The zero-order chi connectivity index (χ0) is 15.3. The Balaban J connectivity index is 2.01. The highest BCUT2D eigenvalue weighted by Crippen LogP contribution is 2.28. The Bertz CT molecular complexity index is 465. The molecule has 1 aliphatic heterocycles. The second kappa shape index (κ2) is 6.91. The number of carbonyl (C=O) groups is 1. The fourth-order valence-corrected chi connectivity index (χ4v) is 2.56. The zero-order valence-corrected chi connectivity index (χ0v) is 12.9. The fraction of sp³-hybridized carbons (Fsp3) is 0.562. The summed E-state index contributed by atoms with van der Waals surface area (Å²) in [5.74, 6) is 0.809. The average Bonchev–Trinajstić information content (AvgIpc) is 2.91. The lowest BCUT2D eigenvalue weighted by molar-refractivity contribution is -0.127. The number of rotatable bonds is 6. The van der Waals surface area contributed by atoms with Crippen LogP contribution in [0.2, 0.25) is 0 Å². The molecule has 1 atom stereocenters. The number of hydrogen-bond acceptors (Lipinski definition) is 4. The lowest BCUT2D eigenvalue weighted by atomic mass is 9.87. The van der Waals surface area contributed by atoms with Gasteiger partial charge in [-0.25, -0.2) is 0 Å². The number of carbonyl (C=O) groups excluding carboxylic acids is 1. The SMILES string of the molecule is COCC1(C(=O)Nc2ccc(OC(C)C)cc2)CCNC1. The molecule has 21 heavy (non-hydrogen) atoms. The van der Waals surface area contributed by atoms with Crippen molar-refractivity contribution in [3.05, 3.63) is 24.3 Å². The molecule has 0 radical (unpaired) electrons. The molecule has 1 unspecified atom stereocenters. The van der Waals surface area contributed by atoms with Gasteiger partial charge in [0.15, 0.2) is 0 Å². The van der Waals surface area contributed by atoms with Crippen LogP contribution in [-0.2, 0) is 9.53 Å². The summed E-state index contributed by atoms with van der Waals surface area (Å²) in [6, 6.07) is 7.45. The van der Waals surface area contributed by atoms with Gasteiger partial charge >= 0.3 is 0 Å². The number of anilines is 1. The van der Waals surface area contributed by atoms with E-state index >= 15 is 0 Å². The number of nitrogens with one attached hydrogen (secondary N) is 2. The van der Waals surface area contributed by atoms with E-state index in [1.165, 1.54) is 0 Å². The van der Waals surface area contributed by atoms with Crippen molar-refractivity contribution in [2.24, 2.45) is 5.41 Å². The van der Waals surface area contributed by atoms with Gasteiger partial charge in [0.05, 0.1) is 18.1 Å². The minimum atomic E-state index is -0.470. The van der Waals surface area contributed by atoms with Crippen LogP contribution in [0, 0.1) is 5.41 Å². The van der Waals surface area contributed by atoms with E-state index in [9.17, 15) is 4.79 Å². The van der Waals surface area contributed by atoms with E-state index in [0.29, 0.717) is 13.2 Å². The van der Waals surface area contributed by atoms with Crippen LogP contribution in [-0.4, -0.2) is 38.8 Å². The van der Waals surface area contributed by atoms with Gasteiger partial charge < -0.3 is 20.1 Å². The van der Waals surface area contributed by atoms with Crippen molar-refractivity contribution in [2.75, 3.05) is 32.1 Å². The molecule has 1 aromatic carbocycles. The Hall–Kier alpha value is -1.59. The number of amides is 1. The summed E-state index contributed by atoms with van der Waals surface area (Å²) in [7, 11) is 1.63. The largest absolute Gasteiger partial charge is 0.491 e. The van der Waals surface area contributed by atoms with Crippen molar-refractivity contribution in [1.82, 2.24) is 5.32 Å². The van der Waals surface area contributed by atoms with Crippen LogP contribution in [0.5, 0.6) is 5.75 Å². The topological polar surface area (TPSA) is 59.6 Å². The van der Waals surface area contributed by atoms with Crippen molar-refractivity contribution in [2.45, 2.75) is 26.4 Å². The predicted molar refractivity (Wildman–Crippen MR) is 82.6 cm³/mol. The second-order valence-corrected chi connectivity index (χ2v) is 5.79. The highest BCUT2D eigenvalue weighted by Gasteiger charge is 2.41. The Morgan fingerprint density at radius 3 is 2.62 bits per heavy atom. The van der Waals surface area contributed by atoms with E-state index in [2.05, 4.69) is 10.6 Å². The molecular weight excluding hydrogens is 268 g/mol. The summed E-state index contributed by atoms with van der Waals surface area (Å²) in [6.07, 6.45) is 0.932. The Morgan fingerprint density at radius 2 is 2.10 bits per heavy atom. The minimum absolute atomic E-state index is 0.00637. The third kappa shape index (κ3) is 3.95. The molecule has 1 amide bonds. The molecular formula is C16H24N2O3. The van der Waals surface area contributed by atoms with E-state index in [1.54, 1.807) is 7.11 Å². The summed E-state index contributed by atoms with van der Waals surface area (Å²) in [5.41, 5.74) is 0.306. The number of methoxy groups -OCH3 is 1. The summed E-state index contributed by atoms with van der Waals surface area (Å²) < 4.78 is 10.8.